The van der Waals surface area contributed by atoms with E-state index in [1.54, 1.807) is 0 Å². The largest absolute Gasteiger partial charge is 0.325 e. The highest BCUT2D eigenvalue weighted by Crippen LogP contribution is 2.46. The third kappa shape index (κ3) is 2.30. The second-order valence-corrected chi connectivity index (χ2v) is 5.52. The fourth-order valence-corrected chi connectivity index (χ4v) is 2.65. The number of rotatable bonds is 4. The second kappa shape index (κ2) is 4.21. The Morgan fingerprint density at radius 1 is 1.31 bits per heavy atom. The molecule has 1 aliphatic rings. The zero-order valence-electron chi connectivity index (χ0n) is 10.7. The molecule has 1 fully saturated rings. The molecule has 1 aliphatic carbocycles. The molecule has 0 heterocycles. The molecule has 1 saturated carbocycles. The summed E-state index contributed by atoms with van der Waals surface area (Å²) in [6, 6.07) is 6.74. The van der Waals surface area contributed by atoms with Gasteiger partial charge in [-0.05, 0) is 55.7 Å². The maximum absolute atomic E-state index is 6.40. The maximum Gasteiger partial charge on any atom is 0.0227 e. The van der Waals surface area contributed by atoms with Crippen molar-refractivity contribution in [1.82, 2.24) is 0 Å². The van der Waals surface area contributed by atoms with Crippen LogP contribution in [-0.4, -0.2) is 5.54 Å². The number of aryl methyl sites for hydroxylation is 2. The molecular formula is C15H23N. The first-order valence-electron chi connectivity index (χ1n) is 6.40. The molecule has 0 spiro atoms. The monoisotopic (exact) mass is 217 g/mol. The van der Waals surface area contributed by atoms with Crippen LogP contribution in [0.25, 0.3) is 0 Å². The molecule has 0 saturated heterocycles. The summed E-state index contributed by atoms with van der Waals surface area (Å²) >= 11 is 0. The van der Waals surface area contributed by atoms with Gasteiger partial charge in [0.15, 0.2) is 0 Å². The minimum absolute atomic E-state index is 0.109. The summed E-state index contributed by atoms with van der Waals surface area (Å²) in [6.45, 7) is 6.58. The van der Waals surface area contributed by atoms with Crippen LogP contribution in [0.3, 0.4) is 0 Å². The Morgan fingerprint density at radius 3 is 2.69 bits per heavy atom. The number of hydrogen-bond donors (Lipinski definition) is 1. The van der Waals surface area contributed by atoms with Crippen molar-refractivity contribution in [1.29, 1.82) is 0 Å². The second-order valence-electron chi connectivity index (χ2n) is 5.52. The van der Waals surface area contributed by atoms with Gasteiger partial charge >= 0.3 is 0 Å². The van der Waals surface area contributed by atoms with Crippen molar-refractivity contribution in [3.8, 4) is 0 Å². The molecule has 1 aromatic carbocycles. The lowest BCUT2D eigenvalue weighted by molar-refractivity contribution is 0.556. The van der Waals surface area contributed by atoms with Gasteiger partial charge in [0.05, 0.1) is 0 Å². The van der Waals surface area contributed by atoms with Crippen LogP contribution in [0, 0.1) is 19.8 Å². The van der Waals surface area contributed by atoms with Gasteiger partial charge < -0.3 is 5.73 Å². The van der Waals surface area contributed by atoms with Gasteiger partial charge in [-0.15, -0.1) is 0 Å². The number of hydrogen-bond acceptors (Lipinski definition) is 1. The van der Waals surface area contributed by atoms with Crippen molar-refractivity contribution in [3.05, 3.63) is 34.9 Å². The summed E-state index contributed by atoms with van der Waals surface area (Å²) in [7, 11) is 0. The van der Waals surface area contributed by atoms with E-state index in [9.17, 15) is 0 Å². The van der Waals surface area contributed by atoms with Gasteiger partial charge in [0.25, 0.3) is 0 Å². The molecule has 88 valence electrons. The quantitative estimate of drug-likeness (QED) is 0.822. The SMILES string of the molecule is CCCC1CC1(N)Cc1ccc(C)c(C)c1. The zero-order valence-corrected chi connectivity index (χ0v) is 10.7. The fourth-order valence-electron chi connectivity index (χ4n) is 2.65. The Bertz CT molecular complexity index is 383. The van der Waals surface area contributed by atoms with Crippen LogP contribution in [0.4, 0.5) is 0 Å². The zero-order chi connectivity index (χ0) is 11.8. The van der Waals surface area contributed by atoms with Crippen molar-refractivity contribution >= 4 is 0 Å². The Morgan fingerprint density at radius 2 is 2.06 bits per heavy atom. The molecule has 2 rings (SSSR count). The Hall–Kier alpha value is -0.820. The van der Waals surface area contributed by atoms with E-state index in [-0.39, 0.29) is 5.54 Å². The summed E-state index contributed by atoms with van der Waals surface area (Å²) in [5.41, 5.74) is 10.7. The van der Waals surface area contributed by atoms with Crippen LogP contribution in [0.5, 0.6) is 0 Å². The van der Waals surface area contributed by atoms with Gasteiger partial charge in [-0.25, -0.2) is 0 Å². The van der Waals surface area contributed by atoms with E-state index in [4.69, 9.17) is 5.73 Å². The minimum Gasteiger partial charge on any atom is -0.325 e. The average Bonchev–Trinajstić information content (AvgIpc) is 2.84. The predicted molar refractivity (Wildman–Crippen MR) is 69.6 cm³/mol. The molecule has 0 amide bonds. The Balaban J connectivity index is 2.02. The first kappa shape index (κ1) is 11.7. The van der Waals surface area contributed by atoms with Crippen molar-refractivity contribution in [2.75, 3.05) is 0 Å². The summed E-state index contributed by atoms with van der Waals surface area (Å²) in [6.07, 6.45) is 4.82. The lowest BCUT2D eigenvalue weighted by Gasteiger charge is -2.12. The molecule has 0 aromatic heterocycles. The number of nitrogens with two attached hydrogens (primary N) is 1. The topological polar surface area (TPSA) is 26.0 Å². The van der Waals surface area contributed by atoms with Crippen molar-refractivity contribution in [2.24, 2.45) is 11.7 Å². The van der Waals surface area contributed by atoms with Gasteiger partial charge in [-0.3, -0.25) is 0 Å². The van der Waals surface area contributed by atoms with Crippen LogP contribution in [0.15, 0.2) is 18.2 Å². The van der Waals surface area contributed by atoms with Crippen LogP contribution >= 0.6 is 0 Å². The lowest BCUT2D eigenvalue weighted by atomic mass is 9.98. The van der Waals surface area contributed by atoms with E-state index in [0.29, 0.717) is 0 Å². The lowest BCUT2D eigenvalue weighted by Crippen LogP contribution is -2.27. The highest BCUT2D eigenvalue weighted by atomic mass is 14.9. The standard InChI is InChI=1S/C15H23N/c1-4-5-14-10-15(14,16)9-13-7-6-11(2)12(3)8-13/h6-8,14H,4-5,9-10,16H2,1-3H3. The average molecular weight is 217 g/mol. The van der Waals surface area contributed by atoms with Crippen LogP contribution in [0.2, 0.25) is 0 Å². The molecule has 16 heavy (non-hydrogen) atoms. The van der Waals surface area contributed by atoms with E-state index in [1.807, 2.05) is 0 Å². The maximum atomic E-state index is 6.40. The predicted octanol–water partition coefficient (Wildman–Crippen LogP) is 3.36. The summed E-state index contributed by atoms with van der Waals surface area (Å²) in [4.78, 5) is 0. The van der Waals surface area contributed by atoms with Crippen LogP contribution < -0.4 is 5.73 Å². The van der Waals surface area contributed by atoms with E-state index in [1.165, 1.54) is 36.0 Å². The third-order valence-electron chi connectivity index (χ3n) is 4.02. The molecule has 2 N–H and O–H groups in total. The molecule has 1 nitrogen and oxygen atoms in total. The van der Waals surface area contributed by atoms with Crippen LogP contribution in [0.1, 0.15) is 42.9 Å². The van der Waals surface area contributed by atoms with Crippen molar-refractivity contribution in [2.45, 2.75) is 52.0 Å². The first-order valence-corrected chi connectivity index (χ1v) is 6.40. The molecular weight excluding hydrogens is 194 g/mol. The first-order chi connectivity index (χ1) is 7.55. The van der Waals surface area contributed by atoms with Gasteiger partial charge in [0.2, 0.25) is 0 Å². The van der Waals surface area contributed by atoms with Gasteiger partial charge in [-0.2, -0.15) is 0 Å². The van der Waals surface area contributed by atoms with E-state index in [0.717, 1.165) is 12.3 Å². The molecule has 0 radical (unpaired) electrons. The summed E-state index contributed by atoms with van der Waals surface area (Å²) < 4.78 is 0. The summed E-state index contributed by atoms with van der Waals surface area (Å²) in [5.74, 6) is 0.763. The van der Waals surface area contributed by atoms with Gasteiger partial charge in [-0.1, -0.05) is 31.5 Å². The third-order valence-corrected chi connectivity index (χ3v) is 4.02. The molecule has 2 atom stereocenters. The Kier molecular flexibility index (Phi) is 3.07. The molecule has 2 unspecified atom stereocenters. The smallest absolute Gasteiger partial charge is 0.0227 e. The molecule has 0 aliphatic heterocycles. The normalized spacial score (nSPS) is 28.1. The van der Waals surface area contributed by atoms with E-state index >= 15 is 0 Å². The fraction of sp³-hybridized carbons (Fsp3) is 0.600. The van der Waals surface area contributed by atoms with Gasteiger partial charge in [0.1, 0.15) is 0 Å². The van der Waals surface area contributed by atoms with Crippen LogP contribution in [-0.2, 0) is 6.42 Å². The Labute approximate surface area is 99.0 Å². The van der Waals surface area contributed by atoms with E-state index in [2.05, 4.69) is 39.0 Å². The molecule has 1 heteroatoms. The number of benzene rings is 1. The molecule has 1 aromatic rings. The van der Waals surface area contributed by atoms with Gasteiger partial charge in [0, 0.05) is 5.54 Å². The highest BCUT2D eigenvalue weighted by Gasteiger charge is 2.49. The van der Waals surface area contributed by atoms with Crippen molar-refractivity contribution in [3.63, 3.8) is 0 Å². The minimum atomic E-state index is 0.109. The molecule has 0 bridgehead atoms. The van der Waals surface area contributed by atoms with Crippen molar-refractivity contribution < 1.29 is 0 Å². The van der Waals surface area contributed by atoms with E-state index < -0.39 is 0 Å². The highest BCUT2D eigenvalue weighted by molar-refractivity contribution is 5.32. The summed E-state index contributed by atoms with van der Waals surface area (Å²) in [5, 5.41) is 0.